The molecule has 0 saturated heterocycles. The molecule has 4 aromatic rings. The third-order valence-corrected chi connectivity index (χ3v) is 11.8. The third-order valence-electron chi connectivity index (χ3n) is 11.8. The molecule has 1 aliphatic rings. The fraction of sp³-hybridized carbons (Fsp3) is 0.481. The Labute approximate surface area is 344 Å². The van der Waals surface area contributed by atoms with Crippen LogP contribution in [0.5, 0.6) is 11.5 Å². The van der Waals surface area contributed by atoms with Crippen molar-refractivity contribution >= 4 is 27.9 Å². The summed E-state index contributed by atoms with van der Waals surface area (Å²) in [5, 5.41) is 21.4. The van der Waals surface area contributed by atoms with Crippen LogP contribution in [0.4, 0.5) is 0 Å². The fourth-order valence-corrected chi connectivity index (χ4v) is 8.29. The van der Waals surface area contributed by atoms with Crippen molar-refractivity contribution in [3.63, 3.8) is 0 Å². The highest BCUT2D eigenvalue weighted by atomic mass is 16.3. The summed E-state index contributed by atoms with van der Waals surface area (Å²) in [7, 11) is 0. The van der Waals surface area contributed by atoms with E-state index in [1.807, 2.05) is 12.1 Å². The summed E-state index contributed by atoms with van der Waals surface area (Å²) in [6.45, 7) is 15.3. The number of phenolic OH excluding ortho intramolecular Hbond substituents is 2. The number of carbonyl (C=O) groups is 1. The highest BCUT2D eigenvalue weighted by molar-refractivity contribution is 6.11. The number of ketones is 1. The number of unbranched alkanes of at least 4 members (excludes halogenated alkanes) is 9. The van der Waals surface area contributed by atoms with Crippen LogP contribution in [-0.2, 0) is 32.1 Å². The summed E-state index contributed by atoms with van der Waals surface area (Å²) in [4.78, 5) is 13.1. The van der Waals surface area contributed by atoms with Crippen molar-refractivity contribution in [2.45, 2.75) is 164 Å². The first-order chi connectivity index (χ1) is 27.7. The highest BCUT2D eigenvalue weighted by Crippen LogP contribution is 2.39. The molecule has 0 radical (unpaired) electrons. The molecule has 1 aliphatic heterocycles. The molecule has 5 heteroatoms. The van der Waals surface area contributed by atoms with Gasteiger partial charge in [-0.1, -0.05) is 131 Å². The highest BCUT2D eigenvalue weighted by Gasteiger charge is 2.29. The number of hydrogen-bond acceptors (Lipinski definition) is 3. The van der Waals surface area contributed by atoms with Gasteiger partial charge in [0, 0.05) is 40.1 Å². The molecule has 2 N–H and O–H groups in total. The zero-order valence-electron chi connectivity index (χ0n) is 36.3. The minimum atomic E-state index is -0.142. The standard InChI is InChI=1S/C26H32N2.C26H38O3/c1-6-18-11-13-23(15-20(18)8-3)25-17-22(10-5)26(28(25)27)24-14-12-19(7-2)21(9-4)16-24;1-3-5-7-8-9-10-11-12-13-15-23(27)25-20(14-6-4-2)16-17-22-21(25)18-19-24(28)26(22)29/h11-17H,6-10H2,1-5H3;16-19,28-29H,3-15H2,1-2H3. The van der Waals surface area contributed by atoms with E-state index < -0.39 is 0 Å². The van der Waals surface area contributed by atoms with Gasteiger partial charge in [0.15, 0.2) is 17.3 Å². The molecule has 1 heterocycles. The molecular weight excluding hydrogens is 701 g/mol. The van der Waals surface area contributed by atoms with E-state index in [0.29, 0.717) is 11.8 Å². The van der Waals surface area contributed by atoms with Gasteiger partial charge in [0.05, 0.1) is 0 Å². The zero-order valence-corrected chi connectivity index (χ0v) is 36.3. The van der Waals surface area contributed by atoms with E-state index in [-0.39, 0.29) is 17.3 Å². The number of fused-ring (bicyclic) bond motifs is 1. The van der Waals surface area contributed by atoms with Gasteiger partial charge in [-0.25, -0.2) is 4.70 Å². The second-order valence-electron chi connectivity index (χ2n) is 15.7. The molecular formula is C52H70N2O3. The van der Waals surface area contributed by atoms with Crippen LogP contribution < -0.4 is 0 Å². The molecule has 57 heavy (non-hydrogen) atoms. The number of phenols is 2. The van der Waals surface area contributed by atoms with E-state index in [0.717, 1.165) is 103 Å². The number of rotatable bonds is 21. The number of aromatic hydroxyl groups is 2. The normalized spacial score (nSPS) is 12.6. The molecule has 4 aromatic carbocycles. The topological polar surface area (TPSA) is 82.8 Å². The van der Waals surface area contributed by atoms with Crippen molar-refractivity contribution in [1.29, 1.82) is 0 Å². The van der Waals surface area contributed by atoms with E-state index in [2.05, 4.69) is 90.9 Å². The average molecular weight is 771 g/mol. The maximum absolute atomic E-state index is 13.1. The monoisotopic (exact) mass is 771 g/mol. The predicted molar refractivity (Wildman–Crippen MR) is 241 cm³/mol. The van der Waals surface area contributed by atoms with Crippen LogP contribution in [0, 0.1) is 0 Å². The van der Waals surface area contributed by atoms with Crippen LogP contribution >= 0.6 is 0 Å². The molecule has 0 aliphatic carbocycles. The van der Waals surface area contributed by atoms with Crippen LogP contribution in [0.2, 0.25) is 0 Å². The first-order valence-electron chi connectivity index (χ1n) is 22.3. The maximum Gasteiger partial charge on any atom is 0.210 e. The summed E-state index contributed by atoms with van der Waals surface area (Å²) < 4.78 is 1.40. The Hall–Kier alpha value is -4.51. The lowest BCUT2D eigenvalue weighted by Crippen LogP contribution is -2.05. The van der Waals surface area contributed by atoms with Crippen LogP contribution in [-0.4, -0.2) is 20.7 Å². The minimum Gasteiger partial charge on any atom is -0.504 e. The van der Waals surface area contributed by atoms with Crippen LogP contribution in [0.1, 0.15) is 181 Å². The van der Waals surface area contributed by atoms with E-state index in [1.54, 1.807) is 6.07 Å². The number of benzene rings is 4. The fourth-order valence-electron chi connectivity index (χ4n) is 8.29. The molecule has 0 aromatic heterocycles. The van der Waals surface area contributed by atoms with Crippen molar-refractivity contribution < 1.29 is 19.7 Å². The van der Waals surface area contributed by atoms with E-state index >= 15 is 0 Å². The molecule has 0 amide bonds. The van der Waals surface area contributed by atoms with Crippen molar-refractivity contribution in [3.05, 3.63) is 122 Å². The Balaban J connectivity index is 0.000000253. The number of allylic oxidation sites excluding steroid dienone is 2. The SMILES string of the molecule is CCC1=C(c2ccc(CC)c(CC)c2)[N+](=[N-])C(c2ccc(CC)c(CC)c2)=C1.CCCCCCCCCCCC(=O)c1c(CCCC)ccc2c(O)c(O)ccc12. The lowest BCUT2D eigenvalue weighted by Gasteiger charge is -2.14. The molecule has 0 atom stereocenters. The number of nitrogens with zero attached hydrogens (tertiary/aromatic N) is 2. The molecule has 5 nitrogen and oxygen atoms in total. The van der Waals surface area contributed by atoms with Crippen LogP contribution in [0.25, 0.3) is 27.7 Å². The second kappa shape index (κ2) is 23.0. The Morgan fingerprint density at radius 1 is 0.561 bits per heavy atom. The summed E-state index contributed by atoms with van der Waals surface area (Å²) in [5.74, 6) is -0.118. The summed E-state index contributed by atoms with van der Waals surface area (Å²) in [5.41, 5.74) is 23.6. The van der Waals surface area contributed by atoms with Gasteiger partial charge in [0.2, 0.25) is 11.4 Å². The Morgan fingerprint density at radius 2 is 1.09 bits per heavy atom. The first kappa shape index (κ1) is 45.2. The molecule has 0 spiro atoms. The second-order valence-corrected chi connectivity index (χ2v) is 15.7. The number of hydrogen-bond donors (Lipinski definition) is 2. The lowest BCUT2D eigenvalue weighted by molar-refractivity contribution is -0.344. The van der Waals surface area contributed by atoms with Crippen LogP contribution in [0.3, 0.4) is 0 Å². The summed E-state index contributed by atoms with van der Waals surface area (Å²) in [6.07, 6.45) is 21.8. The molecule has 5 rings (SSSR count). The zero-order chi connectivity index (χ0) is 41.3. The van der Waals surface area contributed by atoms with Crippen molar-refractivity contribution in [2.75, 3.05) is 0 Å². The number of aryl methyl sites for hydroxylation is 5. The van der Waals surface area contributed by atoms with E-state index in [4.69, 9.17) is 0 Å². The third kappa shape index (κ3) is 11.6. The quantitative estimate of drug-likeness (QED) is 0.0383. The molecule has 306 valence electrons. The van der Waals surface area contributed by atoms with Gasteiger partial charge in [0.25, 0.3) is 0 Å². The molecule has 0 unspecified atom stereocenters. The van der Waals surface area contributed by atoms with Gasteiger partial charge in [-0.3, -0.25) is 4.79 Å². The van der Waals surface area contributed by atoms with Gasteiger partial charge < -0.3 is 15.7 Å². The van der Waals surface area contributed by atoms with Crippen molar-refractivity contribution in [1.82, 2.24) is 0 Å². The predicted octanol–water partition coefficient (Wildman–Crippen LogP) is 14.8. The average Bonchev–Trinajstić information content (AvgIpc) is 3.58. The molecule has 0 saturated carbocycles. The minimum absolute atomic E-state index is 0.137. The Morgan fingerprint density at radius 3 is 1.67 bits per heavy atom. The summed E-state index contributed by atoms with van der Waals surface area (Å²) >= 11 is 0. The number of Topliss-reactive ketones (excluding diaryl/α,β-unsaturated/α-hetero) is 1. The van der Waals surface area contributed by atoms with Crippen molar-refractivity contribution in [2.24, 2.45) is 0 Å². The maximum atomic E-state index is 13.1. The van der Waals surface area contributed by atoms with Gasteiger partial charge in [-0.15, -0.1) is 0 Å². The van der Waals surface area contributed by atoms with Crippen molar-refractivity contribution in [3.8, 4) is 11.5 Å². The molecule has 0 bridgehead atoms. The Kier molecular flexibility index (Phi) is 18.3. The largest absolute Gasteiger partial charge is 0.504 e. The first-order valence-corrected chi connectivity index (χ1v) is 22.3. The smallest absolute Gasteiger partial charge is 0.210 e. The van der Waals surface area contributed by atoms with E-state index in [9.17, 15) is 20.5 Å². The molecule has 0 fully saturated rings. The number of carbonyl (C=O) groups excluding carboxylic acids is 1. The van der Waals surface area contributed by atoms with Crippen LogP contribution in [0.15, 0.2) is 72.3 Å². The summed E-state index contributed by atoms with van der Waals surface area (Å²) in [6, 6.07) is 20.2. The van der Waals surface area contributed by atoms with Gasteiger partial charge in [0.1, 0.15) is 0 Å². The van der Waals surface area contributed by atoms with E-state index in [1.165, 1.54) is 83.5 Å². The van der Waals surface area contributed by atoms with Gasteiger partial charge >= 0.3 is 0 Å². The lowest BCUT2D eigenvalue weighted by atomic mass is 9.90. The Bertz CT molecular complexity index is 2040. The van der Waals surface area contributed by atoms with Gasteiger partial charge in [-0.05, 0) is 121 Å². The van der Waals surface area contributed by atoms with Gasteiger partial charge in [-0.2, -0.15) is 0 Å².